The predicted molar refractivity (Wildman–Crippen MR) is 121 cm³/mol. The van der Waals surface area contributed by atoms with Gasteiger partial charge in [0.1, 0.15) is 5.56 Å². The number of aryl methyl sites for hydroxylation is 1. The Morgan fingerprint density at radius 2 is 1.88 bits per heavy atom. The summed E-state index contributed by atoms with van der Waals surface area (Å²) in [5.41, 5.74) is -0.658. The molecule has 1 amide bonds. The highest BCUT2D eigenvalue weighted by Crippen LogP contribution is 2.38. The molecule has 0 aliphatic heterocycles. The monoisotopic (exact) mass is 572 g/mol. The van der Waals surface area contributed by atoms with Gasteiger partial charge in [0, 0.05) is 14.6 Å². The Morgan fingerprint density at radius 3 is 2.50 bits per heavy atom. The van der Waals surface area contributed by atoms with E-state index in [0.29, 0.717) is 10.4 Å². The number of carboxylic acids is 1. The normalized spacial score (nSPS) is 11.7. The molecule has 0 bridgehead atoms. The SMILES string of the molecule is Cc1cc(C(F)(F)F)c2cc(C(=O)Nc3csc(-c4ccc(I)cc4)c3C(=O)O)oc2n1. The molecule has 3 aromatic heterocycles. The minimum Gasteiger partial charge on any atom is -0.478 e. The van der Waals surface area contributed by atoms with Crippen LogP contribution in [0.3, 0.4) is 0 Å². The van der Waals surface area contributed by atoms with Crippen LogP contribution in [0.4, 0.5) is 18.9 Å². The maximum absolute atomic E-state index is 13.4. The second kappa shape index (κ2) is 8.20. The number of rotatable bonds is 4. The highest BCUT2D eigenvalue weighted by Gasteiger charge is 2.35. The number of hydrogen-bond acceptors (Lipinski definition) is 5. The van der Waals surface area contributed by atoms with Crippen LogP contribution in [0.2, 0.25) is 0 Å². The molecule has 0 unspecified atom stereocenters. The van der Waals surface area contributed by atoms with Crippen LogP contribution < -0.4 is 5.32 Å². The smallest absolute Gasteiger partial charge is 0.417 e. The van der Waals surface area contributed by atoms with E-state index < -0.39 is 29.4 Å². The molecule has 0 spiro atoms. The average molecular weight is 572 g/mol. The molecule has 3 heterocycles. The zero-order valence-electron chi connectivity index (χ0n) is 16.1. The fourth-order valence-electron chi connectivity index (χ4n) is 3.14. The molecule has 11 heteroatoms. The third-order valence-corrected chi connectivity index (χ3v) is 6.27. The maximum Gasteiger partial charge on any atom is 0.417 e. The van der Waals surface area contributed by atoms with Crippen molar-refractivity contribution in [1.29, 1.82) is 0 Å². The zero-order valence-corrected chi connectivity index (χ0v) is 19.1. The molecule has 4 rings (SSSR count). The van der Waals surface area contributed by atoms with Crippen molar-refractivity contribution in [2.75, 3.05) is 5.32 Å². The number of furan rings is 1. The first kappa shape index (κ1) is 22.3. The van der Waals surface area contributed by atoms with Crippen molar-refractivity contribution in [3.8, 4) is 10.4 Å². The van der Waals surface area contributed by atoms with Crippen molar-refractivity contribution in [2.45, 2.75) is 13.1 Å². The van der Waals surface area contributed by atoms with E-state index in [1.807, 2.05) is 12.1 Å². The second-order valence-corrected chi connectivity index (χ2v) is 8.88. The fraction of sp³-hybridized carbons (Fsp3) is 0.0952. The number of anilines is 1. The summed E-state index contributed by atoms with van der Waals surface area (Å²) in [6.45, 7) is 1.38. The van der Waals surface area contributed by atoms with Gasteiger partial charge in [0.15, 0.2) is 5.76 Å². The van der Waals surface area contributed by atoms with Crippen LogP contribution in [0.15, 0.2) is 46.2 Å². The van der Waals surface area contributed by atoms with Gasteiger partial charge in [0.2, 0.25) is 5.71 Å². The lowest BCUT2D eigenvalue weighted by atomic mass is 10.1. The van der Waals surface area contributed by atoms with Crippen LogP contribution in [0, 0.1) is 10.5 Å². The third kappa shape index (κ3) is 4.21. The molecule has 32 heavy (non-hydrogen) atoms. The van der Waals surface area contributed by atoms with Gasteiger partial charge in [0.25, 0.3) is 5.91 Å². The van der Waals surface area contributed by atoms with E-state index in [4.69, 9.17) is 4.42 Å². The van der Waals surface area contributed by atoms with E-state index in [-0.39, 0.29) is 28.0 Å². The molecule has 4 aromatic rings. The number of thiophene rings is 1. The summed E-state index contributed by atoms with van der Waals surface area (Å²) in [4.78, 5) is 28.9. The van der Waals surface area contributed by atoms with E-state index >= 15 is 0 Å². The molecule has 0 atom stereocenters. The number of carbonyl (C=O) groups is 2. The number of hydrogen-bond donors (Lipinski definition) is 2. The number of pyridine rings is 1. The number of nitrogens with one attached hydrogen (secondary N) is 1. The number of aromatic carboxylic acids is 1. The van der Waals surface area contributed by atoms with Crippen LogP contribution in [0.5, 0.6) is 0 Å². The standard InChI is InChI=1S/C21H12F3IN2O4S/c1-9-6-13(21(22,23)24)12-7-15(31-19(12)26-9)18(28)27-14-8-32-17(16(14)20(29)30)10-2-4-11(25)5-3-10/h2-8H,1H3,(H,27,28)(H,29,30). The molecule has 0 saturated carbocycles. The van der Waals surface area contributed by atoms with E-state index in [1.165, 1.54) is 12.3 Å². The predicted octanol–water partition coefficient (Wildman–Crippen LogP) is 6.44. The molecule has 2 N–H and O–H groups in total. The quantitative estimate of drug-likeness (QED) is 0.275. The van der Waals surface area contributed by atoms with Crippen LogP contribution >= 0.6 is 33.9 Å². The van der Waals surface area contributed by atoms with Gasteiger partial charge in [0.05, 0.1) is 21.5 Å². The van der Waals surface area contributed by atoms with Crippen molar-refractivity contribution in [3.63, 3.8) is 0 Å². The fourth-order valence-corrected chi connectivity index (χ4v) is 4.50. The molecule has 6 nitrogen and oxygen atoms in total. The number of aromatic nitrogens is 1. The van der Waals surface area contributed by atoms with E-state index in [1.54, 1.807) is 12.1 Å². The molecule has 0 fully saturated rings. The van der Waals surface area contributed by atoms with Crippen molar-refractivity contribution in [3.05, 3.63) is 67.9 Å². The Kier molecular flexibility index (Phi) is 5.71. The first-order chi connectivity index (χ1) is 15.0. The largest absolute Gasteiger partial charge is 0.478 e. The Morgan fingerprint density at radius 1 is 1.19 bits per heavy atom. The lowest BCUT2D eigenvalue weighted by Gasteiger charge is -2.07. The van der Waals surface area contributed by atoms with Gasteiger partial charge in [-0.15, -0.1) is 11.3 Å². The topological polar surface area (TPSA) is 92.4 Å². The Hall–Kier alpha value is -2.93. The van der Waals surface area contributed by atoms with E-state index in [0.717, 1.165) is 27.0 Å². The summed E-state index contributed by atoms with van der Waals surface area (Å²) in [5, 5.41) is 13.2. The Labute approximate surface area is 196 Å². The number of carboxylic acid groups (broad SMARTS) is 1. The molecule has 0 aliphatic carbocycles. The van der Waals surface area contributed by atoms with Gasteiger partial charge in [-0.1, -0.05) is 12.1 Å². The van der Waals surface area contributed by atoms with Gasteiger partial charge in [-0.3, -0.25) is 4.79 Å². The maximum atomic E-state index is 13.4. The van der Waals surface area contributed by atoms with Crippen LogP contribution in [-0.4, -0.2) is 22.0 Å². The minimum absolute atomic E-state index is 0.0155. The number of alkyl halides is 3. The van der Waals surface area contributed by atoms with Gasteiger partial charge < -0.3 is 14.8 Å². The summed E-state index contributed by atoms with van der Waals surface area (Å²) < 4.78 is 46.3. The molecule has 0 aliphatic rings. The number of halogens is 4. The molecular formula is C21H12F3IN2O4S. The summed E-state index contributed by atoms with van der Waals surface area (Å²) in [6.07, 6.45) is -4.66. The number of amides is 1. The zero-order chi connectivity index (χ0) is 23.2. The van der Waals surface area contributed by atoms with Crippen molar-refractivity contribution < 1.29 is 32.3 Å². The first-order valence-electron chi connectivity index (χ1n) is 8.95. The summed E-state index contributed by atoms with van der Waals surface area (Å²) in [7, 11) is 0. The second-order valence-electron chi connectivity index (χ2n) is 6.76. The third-order valence-electron chi connectivity index (χ3n) is 4.52. The molecule has 1 aromatic carbocycles. The number of carbonyl (C=O) groups excluding carboxylic acids is 1. The molecular weight excluding hydrogens is 560 g/mol. The number of nitrogens with zero attached hydrogens (tertiary/aromatic N) is 1. The average Bonchev–Trinajstić information content (AvgIpc) is 3.31. The number of benzene rings is 1. The van der Waals surface area contributed by atoms with Crippen LogP contribution in [0.25, 0.3) is 21.5 Å². The van der Waals surface area contributed by atoms with Crippen molar-refractivity contribution in [2.24, 2.45) is 0 Å². The molecule has 0 saturated heterocycles. The minimum atomic E-state index is -4.66. The van der Waals surface area contributed by atoms with Gasteiger partial charge in [-0.05, 0) is 59.3 Å². The Bertz CT molecular complexity index is 1360. The Balaban J connectivity index is 1.71. The highest BCUT2D eigenvalue weighted by molar-refractivity contribution is 14.1. The van der Waals surface area contributed by atoms with Gasteiger partial charge >= 0.3 is 12.1 Å². The van der Waals surface area contributed by atoms with E-state index in [2.05, 4.69) is 32.9 Å². The van der Waals surface area contributed by atoms with Crippen molar-refractivity contribution in [1.82, 2.24) is 4.98 Å². The van der Waals surface area contributed by atoms with Gasteiger partial charge in [-0.25, -0.2) is 9.78 Å². The first-order valence-corrected chi connectivity index (χ1v) is 10.9. The van der Waals surface area contributed by atoms with E-state index in [9.17, 15) is 27.9 Å². The van der Waals surface area contributed by atoms with Crippen LogP contribution in [-0.2, 0) is 6.18 Å². The number of fused-ring (bicyclic) bond motifs is 1. The molecule has 0 radical (unpaired) electrons. The van der Waals surface area contributed by atoms with Crippen molar-refractivity contribution >= 4 is 62.6 Å². The van der Waals surface area contributed by atoms with Gasteiger partial charge in [-0.2, -0.15) is 13.2 Å². The van der Waals surface area contributed by atoms with Crippen LogP contribution in [0.1, 0.15) is 32.2 Å². The highest BCUT2D eigenvalue weighted by atomic mass is 127. The summed E-state index contributed by atoms with van der Waals surface area (Å²) >= 11 is 3.25. The lowest BCUT2D eigenvalue weighted by Crippen LogP contribution is -2.13. The molecule has 164 valence electrons. The summed E-state index contributed by atoms with van der Waals surface area (Å²) in [6, 6.07) is 8.98. The lowest BCUT2D eigenvalue weighted by molar-refractivity contribution is -0.136. The summed E-state index contributed by atoms with van der Waals surface area (Å²) in [5.74, 6) is -2.55.